The minimum atomic E-state index is -0.512. The van der Waals surface area contributed by atoms with Crippen LogP contribution in [0.25, 0.3) is 0 Å². The van der Waals surface area contributed by atoms with E-state index in [0.717, 1.165) is 12.0 Å². The van der Waals surface area contributed by atoms with E-state index in [-0.39, 0.29) is 23.7 Å². The summed E-state index contributed by atoms with van der Waals surface area (Å²) in [5.74, 6) is -0.532. The lowest BCUT2D eigenvalue weighted by Gasteiger charge is -2.31. The van der Waals surface area contributed by atoms with E-state index in [1.165, 1.54) is 12.1 Å². The largest absolute Gasteiger partial charge is 0.352 e. The Morgan fingerprint density at radius 3 is 2.22 bits per heavy atom. The number of benzene rings is 1. The SMILES string of the molecule is CCC(=O)N(Cc1ccc(F)cc1)C(CC)C(=O)NC(C)CC. The van der Waals surface area contributed by atoms with Gasteiger partial charge in [-0.15, -0.1) is 0 Å². The van der Waals surface area contributed by atoms with Gasteiger partial charge in [0, 0.05) is 19.0 Å². The van der Waals surface area contributed by atoms with Crippen molar-refractivity contribution in [2.75, 3.05) is 0 Å². The van der Waals surface area contributed by atoms with E-state index in [4.69, 9.17) is 0 Å². The van der Waals surface area contributed by atoms with Gasteiger partial charge in [0.25, 0.3) is 0 Å². The highest BCUT2D eigenvalue weighted by Gasteiger charge is 2.28. The maximum absolute atomic E-state index is 13.0. The summed E-state index contributed by atoms with van der Waals surface area (Å²) in [6.45, 7) is 7.91. The van der Waals surface area contributed by atoms with Crippen LogP contribution in [0.3, 0.4) is 0 Å². The summed E-state index contributed by atoms with van der Waals surface area (Å²) in [5, 5.41) is 2.94. The summed E-state index contributed by atoms with van der Waals surface area (Å²) in [6, 6.07) is 5.58. The van der Waals surface area contributed by atoms with E-state index < -0.39 is 6.04 Å². The fourth-order valence-electron chi connectivity index (χ4n) is 2.35. The average Bonchev–Trinajstić information content (AvgIpc) is 2.55. The fourth-order valence-corrected chi connectivity index (χ4v) is 2.35. The van der Waals surface area contributed by atoms with E-state index in [9.17, 15) is 14.0 Å². The number of hydrogen-bond donors (Lipinski definition) is 1. The standard InChI is InChI=1S/C18H27FN2O2/c1-5-13(4)20-18(23)16(6-2)21(17(22)7-3)12-14-8-10-15(19)11-9-14/h8-11,13,16H,5-7,12H2,1-4H3,(H,20,23). The molecule has 0 heterocycles. The summed E-state index contributed by atoms with van der Waals surface area (Å²) in [4.78, 5) is 26.4. The minimum Gasteiger partial charge on any atom is -0.352 e. The second-order valence-electron chi connectivity index (χ2n) is 5.74. The molecule has 0 aliphatic carbocycles. The summed E-state index contributed by atoms with van der Waals surface area (Å²) in [5.41, 5.74) is 0.808. The van der Waals surface area contributed by atoms with Crippen LogP contribution in [-0.4, -0.2) is 28.8 Å². The molecule has 1 aromatic rings. The zero-order valence-electron chi connectivity index (χ0n) is 14.4. The van der Waals surface area contributed by atoms with Crippen molar-refractivity contribution in [1.82, 2.24) is 10.2 Å². The number of carbonyl (C=O) groups is 2. The van der Waals surface area contributed by atoms with E-state index >= 15 is 0 Å². The van der Waals surface area contributed by atoms with Crippen LogP contribution < -0.4 is 5.32 Å². The first-order chi connectivity index (χ1) is 10.9. The van der Waals surface area contributed by atoms with Crippen molar-refractivity contribution in [3.05, 3.63) is 35.6 Å². The topological polar surface area (TPSA) is 49.4 Å². The normalized spacial score (nSPS) is 13.3. The molecule has 0 aromatic heterocycles. The monoisotopic (exact) mass is 322 g/mol. The lowest BCUT2D eigenvalue weighted by molar-refractivity contribution is -0.141. The first kappa shape index (κ1) is 19.1. The molecule has 0 saturated carbocycles. The number of amides is 2. The molecular weight excluding hydrogens is 295 g/mol. The fraction of sp³-hybridized carbons (Fsp3) is 0.556. The Bertz CT molecular complexity index is 516. The van der Waals surface area contributed by atoms with Crippen LogP contribution in [-0.2, 0) is 16.1 Å². The van der Waals surface area contributed by atoms with Crippen LogP contribution in [0.2, 0.25) is 0 Å². The second kappa shape index (κ2) is 9.28. The lowest BCUT2D eigenvalue weighted by Crippen LogP contribution is -2.50. The highest BCUT2D eigenvalue weighted by molar-refractivity contribution is 5.87. The molecule has 0 bridgehead atoms. The smallest absolute Gasteiger partial charge is 0.243 e. The molecule has 1 rings (SSSR count). The molecule has 0 aliphatic heterocycles. The van der Waals surface area contributed by atoms with Gasteiger partial charge in [-0.3, -0.25) is 9.59 Å². The zero-order valence-corrected chi connectivity index (χ0v) is 14.4. The molecule has 4 nitrogen and oxygen atoms in total. The van der Waals surface area contributed by atoms with Gasteiger partial charge in [0.2, 0.25) is 11.8 Å². The molecule has 5 heteroatoms. The van der Waals surface area contributed by atoms with Crippen molar-refractivity contribution in [2.24, 2.45) is 0 Å². The van der Waals surface area contributed by atoms with Crippen LogP contribution in [0.5, 0.6) is 0 Å². The van der Waals surface area contributed by atoms with Gasteiger partial charge >= 0.3 is 0 Å². The number of carbonyl (C=O) groups excluding carboxylic acids is 2. The Kier molecular flexibility index (Phi) is 7.72. The summed E-state index contributed by atoms with van der Waals surface area (Å²) < 4.78 is 13.0. The molecule has 2 amide bonds. The number of rotatable bonds is 8. The quantitative estimate of drug-likeness (QED) is 0.798. The van der Waals surface area contributed by atoms with Crippen molar-refractivity contribution in [1.29, 1.82) is 0 Å². The number of nitrogens with one attached hydrogen (secondary N) is 1. The number of hydrogen-bond acceptors (Lipinski definition) is 2. The molecule has 1 aromatic carbocycles. The molecular formula is C18H27FN2O2. The predicted octanol–water partition coefficient (Wildman–Crippen LogP) is 3.26. The van der Waals surface area contributed by atoms with E-state index in [0.29, 0.717) is 19.4 Å². The third-order valence-corrected chi connectivity index (χ3v) is 3.96. The molecule has 1 N–H and O–H groups in total. The van der Waals surface area contributed by atoms with Gasteiger partial charge < -0.3 is 10.2 Å². The average molecular weight is 322 g/mol. The maximum atomic E-state index is 13.0. The molecule has 2 atom stereocenters. The van der Waals surface area contributed by atoms with Crippen molar-refractivity contribution in [3.8, 4) is 0 Å². The molecule has 0 radical (unpaired) electrons. The van der Waals surface area contributed by atoms with Gasteiger partial charge in [-0.25, -0.2) is 4.39 Å². The highest BCUT2D eigenvalue weighted by Crippen LogP contribution is 2.14. The van der Waals surface area contributed by atoms with Gasteiger partial charge in [-0.1, -0.05) is 32.9 Å². The van der Waals surface area contributed by atoms with Crippen molar-refractivity contribution in [2.45, 2.75) is 65.6 Å². The lowest BCUT2D eigenvalue weighted by atomic mass is 10.1. The maximum Gasteiger partial charge on any atom is 0.243 e. The van der Waals surface area contributed by atoms with E-state index in [1.54, 1.807) is 24.0 Å². The van der Waals surface area contributed by atoms with Gasteiger partial charge in [0.1, 0.15) is 11.9 Å². The van der Waals surface area contributed by atoms with Crippen LogP contribution in [0.1, 0.15) is 52.5 Å². The molecule has 23 heavy (non-hydrogen) atoms. The molecule has 2 unspecified atom stereocenters. The highest BCUT2D eigenvalue weighted by atomic mass is 19.1. The van der Waals surface area contributed by atoms with Gasteiger partial charge in [-0.05, 0) is 37.5 Å². The van der Waals surface area contributed by atoms with E-state index in [2.05, 4.69) is 5.32 Å². The Hall–Kier alpha value is -1.91. The molecule has 0 fully saturated rings. The summed E-state index contributed by atoms with van der Waals surface area (Å²) in [6.07, 6.45) is 1.70. The Labute approximate surface area is 138 Å². The third kappa shape index (κ3) is 5.66. The summed E-state index contributed by atoms with van der Waals surface area (Å²) >= 11 is 0. The molecule has 128 valence electrons. The molecule has 0 saturated heterocycles. The predicted molar refractivity (Wildman–Crippen MR) is 89.2 cm³/mol. The van der Waals surface area contributed by atoms with Crippen molar-refractivity contribution in [3.63, 3.8) is 0 Å². The van der Waals surface area contributed by atoms with Crippen molar-refractivity contribution < 1.29 is 14.0 Å². The Morgan fingerprint density at radius 2 is 1.74 bits per heavy atom. The van der Waals surface area contributed by atoms with Gasteiger partial charge in [-0.2, -0.15) is 0 Å². The van der Waals surface area contributed by atoms with Crippen LogP contribution in [0.15, 0.2) is 24.3 Å². The van der Waals surface area contributed by atoms with Crippen molar-refractivity contribution >= 4 is 11.8 Å². The third-order valence-electron chi connectivity index (χ3n) is 3.96. The summed E-state index contributed by atoms with van der Waals surface area (Å²) in [7, 11) is 0. The van der Waals surface area contributed by atoms with Crippen LogP contribution in [0.4, 0.5) is 4.39 Å². The van der Waals surface area contributed by atoms with Crippen LogP contribution in [0, 0.1) is 5.82 Å². The molecule has 0 spiro atoms. The molecule has 0 aliphatic rings. The van der Waals surface area contributed by atoms with Crippen LogP contribution >= 0.6 is 0 Å². The van der Waals surface area contributed by atoms with Gasteiger partial charge in [0.05, 0.1) is 0 Å². The minimum absolute atomic E-state index is 0.0703. The number of halogens is 1. The Balaban J connectivity index is 2.95. The van der Waals surface area contributed by atoms with E-state index in [1.807, 2.05) is 20.8 Å². The van der Waals surface area contributed by atoms with Gasteiger partial charge in [0.15, 0.2) is 0 Å². The Morgan fingerprint density at radius 1 is 1.13 bits per heavy atom. The number of nitrogens with zero attached hydrogens (tertiary/aromatic N) is 1. The first-order valence-electron chi connectivity index (χ1n) is 8.27. The zero-order chi connectivity index (χ0) is 17.4. The second-order valence-corrected chi connectivity index (χ2v) is 5.74. The first-order valence-corrected chi connectivity index (χ1v) is 8.27.